The van der Waals surface area contributed by atoms with Crippen LogP contribution in [-0.4, -0.2) is 17.1 Å². The van der Waals surface area contributed by atoms with E-state index in [2.05, 4.69) is 15.3 Å². The summed E-state index contributed by atoms with van der Waals surface area (Å²) in [7, 11) is 1.62. The fourth-order valence-corrected chi connectivity index (χ4v) is 1.94. The molecular formula is C14H16ClN3O. The molecule has 2 rings (SSSR count). The summed E-state index contributed by atoms with van der Waals surface area (Å²) in [4.78, 5) is 8.35. The van der Waals surface area contributed by atoms with E-state index in [1.165, 1.54) is 0 Å². The molecule has 1 unspecified atom stereocenters. The van der Waals surface area contributed by atoms with Crippen LogP contribution in [0.15, 0.2) is 30.7 Å². The van der Waals surface area contributed by atoms with Crippen LogP contribution in [0.1, 0.15) is 24.2 Å². The third kappa shape index (κ3) is 3.15. The summed E-state index contributed by atoms with van der Waals surface area (Å²) >= 11 is 6.09. The highest BCUT2D eigenvalue weighted by Gasteiger charge is 2.12. The van der Waals surface area contributed by atoms with Gasteiger partial charge in [0.05, 0.1) is 30.7 Å². The van der Waals surface area contributed by atoms with Gasteiger partial charge in [-0.15, -0.1) is 0 Å². The van der Waals surface area contributed by atoms with Gasteiger partial charge < -0.3 is 10.1 Å². The molecular weight excluding hydrogens is 262 g/mol. The van der Waals surface area contributed by atoms with Crippen LogP contribution in [-0.2, 0) is 0 Å². The molecule has 0 saturated heterocycles. The monoisotopic (exact) mass is 277 g/mol. The van der Waals surface area contributed by atoms with E-state index in [-0.39, 0.29) is 6.04 Å². The molecule has 0 radical (unpaired) electrons. The van der Waals surface area contributed by atoms with Gasteiger partial charge in [-0.1, -0.05) is 11.6 Å². The van der Waals surface area contributed by atoms with E-state index in [1.54, 1.807) is 25.7 Å². The summed E-state index contributed by atoms with van der Waals surface area (Å²) < 4.78 is 5.33. The second-order valence-electron chi connectivity index (χ2n) is 4.30. The van der Waals surface area contributed by atoms with E-state index in [9.17, 15) is 0 Å². The number of nitrogens with one attached hydrogen (secondary N) is 1. The Hall–Kier alpha value is -1.81. The Labute approximate surface area is 117 Å². The number of aromatic nitrogens is 2. The summed E-state index contributed by atoms with van der Waals surface area (Å²) in [6.07, 6.45) is 5.08. The number of hydrogen-bond acceptors (Lipinski definition) is 4. The highest BCUT2D eigenvalue weighted by atomic mass is 35.5. The van der Waals surface area contributed by atoms with Gasteiger partial charge in [-0.3, -0.25) is 9.97 Å². The van der Waals surface area contributed by atoms with Gasteiger partial charge in [-0.2, -0.15) is 0 Å². The van der Waals surface area contributed by atoms with Crippen molar-refractivity contribution in [2.24, 2.45) is 0 Å². The predicted octanol–water partition coefficient (Wildman–Crippen LogP) is 3.62. The lowest BCUT2D eigenvalue weighted by Gasteiger charge is -2.18. The first-order valence-electron chi connectivity index (χ1n) is 5.98. The number of benzene rings is 1. The second-order valence-corrected chi connectivity index (χ2v) is 4.71. The standard InChI is InChI=1S/C14H16ClN3O/c1-9-6-12(14(19-3)7-11(9)15)18-10(2)13-8-16-4-5-17-13/h4-8,10,18H,1-3H3. The number of aryl methyl sites for hydroxylation is 1. The fraction of sp³-hybridized carbons (Fsp3) is 0.286. The average molecular weight is 278 g/mol. The highest BCUT2D eigenvalue weighted by molar-refractivity contribution is 6.31. The molecule has 1 N–H and O–H groups in total. The zero-order valence-corrected chi connectivity index (χ0v) is 11.9. The first-order chi connectivity index (χ1) is 9.11. The van der Waals surface area contributed by atoms with Crippen molar-refractivity contribution in [2.75, 3.05) is 12.4 Å². The number of methoxy groups -OCH3 is 1. The molecule has 100 valence electrons. The van der Waals surface area contributed by atoms with Crippen molar-refractivity contribution in [2.45, 2.75) is 19.9 Å². The molecule has 2 aromatic rings. The van der Waals surface area contributed by atoms with Gasteiger partial charge >= 0.3 is 0 Å². The van der Waals surface area contributed by atoms with E-state index in [1.807, 2.05) is 26.0 Å². The lowest BCUT2D eigenvalue weighted by atomic mass is 10.1. The van der Waals surface area contributed by atoms with Crippen molar-refractivity contribution in [1.29, 1.82) is 0 Å². The van der Waals surface area contributed by atoms with Crippen molar-refractivity contribution in [3.8, 4) is 5.75 Å². The molecule has 1 aromatic heterocycles. The van der Waals surface area contributed by atoms with Gasteiger partial charge in [0.15, 0.2) is 0 Å². The Balaban J connectivity index is 2.26. The number of rotatable bonds is 4. The van der Waals surface area contributed by atoms with Crippen LogP contribution in [0.3, 0.4) is 0 Å². The lowest BCUT2D eigenvalue weighted by Crippen LogP contribution is -2.09. The van der Waals surface area contributed by atoms with E-state index >= 15 is 0 Å². The lowest BCUT2D eigenvalue weighted by molar-refractivity contribution is 0.416. The molecule has 1 aromatic carbocycles. The Bertz CT molecular complexity index is 560. The molecule has 0 aliphatic rings. The van der Waals surface area contributed by atoms with Crippen LogP contribution in [0.25, 0.3) is 0 Å². The van der Waals surface area contributed by atoms with Crippen LogP contribution in [0.5, 0.6) is 5.75 Å². The van der Waals surface area contributed by atoms with E-state index in [0.29, 0.717) is 10.8 Å². The normalized spacial score (nSPS) is 12.0. The Morgan fingerprint density at radius 3 is 2.74 bits per heavy atom. The van der Waals surface area contributed by atoms with Crippen LogP contribution in [0, 0.1) is 6.92 Å². The molecule has 0 fully saturated rings. The quantitative estimate of drug-likeness (QED) is 0.927. The minimum Gasteiger partial charge on any atom is -0.495 e. The van der Waals surface area contributed by atoms with Gasteiger partial charge in [0.25, 0.3) is 0 Å². The third-order valence-electron chi connectivity index (χ3n) is 2.88. The second kappa shape index (κ2) is 5.89. The van der Waals surface area contributed by atoms with Crippen molar-refractivity contribution >= 4 is 17.3 Å². The average Bonchev–Trinajstić information content (AvgIpc) is 2.43. The zero-order chi connectivity index (χ0) is 13.8. The van der Waals surface area contributed by atoms with Crippen LogP contribution in [0.2, 0.25) is 5.02 Å². The van der Waals surface area contributed by atoms with Gasteiger partial charge in [0.1, 0.15) is 5.75 Å². The first kappa shape index (κ1) is 13.6. The number of ether oxygens (including phenoxy) is 1. The molecule has 1 atom stereocenters. The molecule has 1 heterocycles. The van der Waals surface area contributed by atoms with Gasteiger partial charge in [-0.25, -0.2) is 0 Å². The molecule has 5 heteroatoms. The number of nitrogens with zero attached hydrogens (tertiary/aromatic N) is 2. The Kier molecular flexibility index (Phi) is 4.22. The van der Waals surface area contributed by atoms with Crippen molar-refractivity contribution in [1.82, 2.24) is 9.97 Å². The Morgan fingerprint density at radius 1 is 1.32 bits per heavy atom. The van der Waals surface area contributed by atoms with E-state index in [4.69, 9.17) is 16.3 Å². The fourth-order valence-electron chi connectivity index (χ4n) is 1.79. The molecule has 0 aliphatic heterocycles. The Morgan fingerprint density at radius 2 is 2.11 bits per heavy atom. The highest BCUT2D eigenvalue weighted by Crippen LogP contribution is 2.32. The van der Waals surface area contributed by atoms with Gasteiger partial charge in [0.2, 0.25) is 0 Å². The molecule has 19 heavy (non-hydrogen) atoms. The van der Waals surface area contributed by atoms with Crippen molar-refractivity contribution in [3.05, 3.63) is 47.0 Å². The topological polar surface area (TPSA) is 47.0 Å². The summed E-state index contributed by atoms with van der Waals surface area (Å²) in [6, 6.07) is 3.81. The number of anilines is 1. The van der Waals surface area contributed by atoms with Crippen molar-refractivity contribution in [3.63, 3.8) is 0 Å². The van der Waals surface area contributed by atoms with Gasteiger partial charge in [-0.05, 0) is 25.5 Å². The molecule has 0 saturated carbocycles. The maximum absolute atomic E-state index is 6.09. The molecule has 0 bridgehead atoms. The maximum atomic E-state index is 6.09. The summed E-state index contributed by atoms with van der Waals surface area (Å²) in [5, 5.41) is 4.05. The first-order valence-corrected chi connectivity index (χ1v) is 6.36. The van der Waals surface area contributed by atoms with Crippen LogP contribution in [0.4, 0.5) is 5.69 Å². The van der Waals surface area contributed by atoms with Crippen LogP contribution < -0.4 is 10.1 Å². The van der Waals surface area contributed by atoms with E-state index < -0.39 is 0 Å². The summed E-state index contributed by atoms with van der Waals surface area (Å²) in [5.41, 5.74) is 2.76. The minimum atomic E-state index is 0.0307. The van der Waals surface area contributed by atoms with Crippen LogP contribution >= 0.6 is 11.6 Å². The smallest absolute Gasteiger partial charge is 0.143 e. The predicted molar refractivity (Wildman–Crippen MR) is 76.8 cm³/mol. The molecule has 4 nitrogen and oxygen atoms in total. The number of halogens is 1. The molecule has 0 spiro atoms. The summed E-state index contributed by atoms with van der Waals surface area (Å²) in [5.74, 6) is 0.714. The number of hydrogen-bond donors (Lipinski definition) is 1. The van der Waals surface area contributed by atoms with Gasteiger partial charge in [0, 0.05) is 23.5 Å². The summed E-state index contributed by atoms with van der Waals surface area (Å²) in [6.45, 7) is 3.98. The maximum Gasteiger partial charge on any atom is 0.143 e. The SMILES string of the molecule is COc1cc(Cl)c(C)cc1NC(C)c1cnccn1. The zero-order valence-electron chi connectivity index (χ0n) is 11.1. The molecule has 0 aliphatic carbocycles. The van der Waals surface area contributed by atoms with E-state index in [0.717, 1.165) is 16.9 Å². The largest absolute Gasteiger partial charge is 0.495 e. The molecule has 0 amide bonds. The third-order valence-corrected chi connectivity index (χ3v) is 3.29. The minimum absolute atomic E-state index is 0.0307. The van der Waals surface area contributed by atoms with Crippen molar-refractivity contribution < 1.29 is 4.74 Å².